The molecule has 0 spiro atoms. The van der Waals surface area contributed by atoms with Gasteiger partial charge in [-0.3, -0.25) is 9.59 Å². The second-order valence-electron chi connectivity index (χ2n) is 6.66. The number of hydrogen-bond acceptors (Lipinski definition) is 4. The van der Waals surface area contributed by atoms with Crippen molar-refractivity contribution < 1.29 is 31.7 Å². The minimum Gasteiger partial charge on any atom is -0.360 e. The summed E-state index contributed by atoms with van der Waals surface area (Å²) in [5, 5.41) is 5.30. The zero-order valence-electron chi connectivity index (χ0n) is 15.1. The van der Waals surface area contributed by atoms with Crippen molar-refractivity contribution in [1.82, 2.24) is 15.4 Å². The Kier molecular flexibility index (Phi) is 5.83. The number of nitrogens with zero attached hydrogens (tertiary/aromatic N) is 2. The molecule has 0 radical (unpaired) electrons. The maximum absolute atomic E-state index is 13.3. The monoisotopic (exact) mass is 433 g/mol. The molecule has 1 aromatic carbocycles. The van der Waals surface area contributed by atoms with Crippen LogP contribution in [0.3, 0.4) is 0 Å². The smallest absolute Gasteiger partial charge is 0.360 e. The van der Waals surface area contributed by atoms with Gasteiger partial charge in [-0.05, 0) is 24.6 Å². The van der Waals surface area contributed by atoms with Gasteiger partial charge >= 0.3 is 6.18 Å². The van der Waals surface area contributed by atoms with Crippen LogP contribution in [-0.2, 0) is 24.2 Å². The Labute approximate surface area is 167 Å². The van der Waals surface area contributed by atoms with Gasteiger partial charge in [-0.15, -0.1) is 0 Å². The van der Waals surface area contributed by atoms with Gasteiger partial charge in [-0.1, -0.05) is 22.8 Å². The highest BCUT2D eigenvalue weighted by Gasteiger charge is 2.38. The molecule has 0 fully saturated rings. The van der Waals surface area contributed by atoms with Crippen molar-refractivity contribution in [2.24, 2.45) is 0 Å². The molecule has 1 aliphatic heterocycles. The highest BCUT2D eigenvalue weighted by atomic mass is 35.5. The number of carbonyl (C=O) groups excluding carboxylic acids is 2. The molecule has 0 aliphatic carbocycles. The molecule has 0 saturated heterocycles. The number of alkyl halides is 3. The van der Waals surface area contributed by atoms with Crippen molar-refractivity contribution in [3.63, 3.8) is 0 Å². The van der Waals surface area contributed by atoms with Gasteiger partial charge in [0.2, 0.25) is 5.91 Å². The van der Waals surface area contributed by atoms with Crippen LogP contribution in [0, 0.1) is 5.82 Å². The van der Waals surface area contributed by atoms with Crippen LogP contribution in [0.2, 0.25) is 5.02 Å². The lowest BCUT2D eigenvalue weighted by atomic mass is 10.0. The van der Waals surface area contributed by atoms with Crippen molar-refractivity contribution in [3.8, 4) is 0 Å². The predicted octanol–water partition coefficient (Wildman–Crippen LogP) is 3.28. The van der Waals surface area contributed by atoms with E-state index in [4.69, 9.17) is 16.1 Å². The van der Waals surface area contributed by atoms with Crippen molar-refractivity contribution in [1.29, 1.82) is 0 Å². The van der Waals surface area contributed by atoms with Crippen molar-refractivity contribution in [2.75, 3.05) is 6.54 Å². The number of nitrogens with one attached hydrogen (secondary N) is 1. The standard InChI is InChI=1S/C18H16ClF4N3O3/c1-9(18(21,22)23)24-17(28)16-11-8-26(5-4-14(11)29-25-16)15(27)7-10-2-3-13(20)12(19)6-10/h2-3,6,9H,4-5,7-8H2,1H3,(H,24,28)/t9-/m1/s1. The van der Waals surface area contributed by atoms with E-state index in [0.717, 1.165) is 13.0 Å². The summed E-state index contributed by atoms with van der Waals surface area (Å²) in [5.41, 5.74) is 0.501. The maximum Gasteiger partial charge on any atom is 0.408 e. The largest absolute Gasteiger partial charge is 0.408 e. The van der Waals surface area contributed by atoms with Crippen LogP contribution in [0.15, 0.2) is 22.7 Å². The van der Waals surface area contributed by atoms with Gasteiger partial charge in [-0.25, -0.2) is 4.39 Å². The molecule has 0 bridgehead atoms. The summed E-state index contributed by atoms with van der Waals surface area (Å²) in [6.07, 6.45) is -4.38. The molecular formula is C18H16ClF4N3O3. The van der Waals surface area contributed by atoms with E-state index >= 15 is 0 Å². The molecule has 1 aliphatic rings. The second-order valence-corrected chi connectivity index (χ2v) is 7.07. The Balaban J connectivity index is 1.71. The zero-order chi connectivity index (χ0) is 21.3. The number of aromatic nitrogens is 1. The molecule has 0 unspecified atom stereocenters. The average Bonchev–Trinajstić information content (AvgIpc) is 3.07. The van der Waals surface area contributed by atoms with Gasteiger partial charge in [0.15, 0.2) is 5.69 Å². The lowest BCUT2D eigenvalue weighted by Gasteiger charge is -2.26. The van der Waals surface area contributed by atoms with Crippen LogP contribution in [0.1, 0.15) is 34.3 Å². The third-order valence-corrected chi connectivity index (χ3v) is 4.86. The molecule has 156 valence electrons. The average molecular weight is 434 g/mol. The Bertz CT molecular complexity index is 945. The van der Waals surface area contributed by atoms with E-state index in [9.17, 15) is 27.2 Å². The van der Waals surface area contributed by atoms with Gasteiger partial charge in [-0.2, -0.15) is 13.2 Å². The lowest BCUT2D eigenvalue weighted by molar-refractivity contribution is -0.149. The molecule has 2 amide bonds. The van der Waals surface area contributed by atoms with E-state index in [-0.39, 0.29) is 48.1 Å². The third-order valence-electron chi connectivity index (χ3n) is 4.57. The fourth-order valence-electron chi connectivity index (χ4n) is 2.88. The Morgan fingerprint density at radius 3 is 2.76 bits per heavy atom. The number of amides is 2. The fraction of sp³-hybridized carbons (Fsp3) is 0.389. The third kappa shape index (κ3) is 4.69. The normalized spacial score (nSPS) is 15.0. The minimum absolute atomic E-state index is 0.0320. The van der Waals surface area contributed by atoms with Crippen LogP contribution < -0.4 is 5.32 Å². The first-order valence-corrected chi connectivity index (χ1v) is 9.00. The van der Waals surface area contributed by atoms with Gasteiger partial charge in [0.05, 0.1) is 18.0 Å². The number of halogens is 5. The van der Waals surface area contributed by atoms with Gasteiger partial charge in [0.1, 0.15) is 17.6 Å². The van der Waals surface area contributed by atoms with Crippen LogP contribution in [0.4, 0.5) is 17.6 Å². The first-order valence-electron chi connectivity index (χ1n) is 8.63. The van der Waals surface area contributed by atoms with E-state index in [0.29, 0.717) is 11.3 Å². The van der Waals surface area contributed by atoms with E-state index in [1.54, 1.807) is 0 Å². The molecule has 1 N–H and O–H groups in total. The number of carbonyl (C=O) groups is 2. The zero-order valence-corrected chi connectivity index (χ0v) is 15.9. The summed E-state index contributed by atoms with van der Waals surface area (Å²) < 4.78 is 56.3. The summed E-state index contributed by atoms with van der Waals surface area (Å²) in [6, 6.07) is 1.88. The van der Waals surface area contributed by atoms with Crippen LogP contribution in [0.5, 0.6) is 0 Å². The molecule has 29 heavy (non-hydrogen) atoms. The Hall–Kier alpha value is -2.62. The van der Waals surface area contributed by atoms with Crippen LogP contribution >= 0.6 is 11.6 Å². The topological polar surface area (TPSA) is 75.4 Å². The molecule has 1 aromatic heterocycles. The summed E-state index contributed by atoms with van der Waals surface area (Å²) >= 11 is 5.72. The highest BCUT2D eigenvalue weighted by molar-refractivity contribution is 6.30. The highest BCUT2D eigenvalue weighted by Crippen LogP contribution is 2.25. The van der Waals surface area contributed by atoms with Crippen molar-refractivity contribution >= 4 is 23.4 Å². The van der Waals surface area contributed by atoms with Gasteiger partial charge < -0.3 is 14.7 Å². The Morgan fingerprint density at radius 2 is 2.10 bits per heavy atom. The fourth-order valence-corrected chi connectivity index (χ4v) is 3.09. The van der Waals surface area contributed by atoms with Crippen molar-refractivity contribution in [2.45, 2.75) is 38.5 Å². The molecule has 3 rings (SSSR count). The predicted molar refractivity (Wildman–Crippen MR) is 93.7 cm³/mol. The SMILES string of the molecule is C[C@@H](NC(=O)c1noc2c1CN(C(=O)Cc1ccc(F)c(Cl)c1)CC2)C(F)(F)F. The number of benzene rings is 1. The first kappa shape index (κ1) is 21.1. The van der Waals surface area contributed by atoms with E-state index in [1.807, 2.05) is 5.32 Å². The molecule has 0 saturated carbocycles. The van der Waals surface area contributed by atoms with E-state index < -0.39 is 23.9 Å². The number of rotatable bonds is 4. The van der Waals surface area contributed by atoms with Gasteiger partial charge in [0.25, 0.3) is 5.91 Å². The van der Waals surface area contributed by atoms with Crippen molar-refractivity contribution in [3.05, 3.63) is 51.6 Å². The molecule has 11 heteroatoms. The molecular weight excluding hydrogens is 418 g/mol. The summed E-state index contributed by atoms with van der Waals surface area (Å²) in [6.45, 7) is 1.07. The minimum atomic E-state index is -4.60. The molecule has 6 nitrogen and oxygen atoms in total. The maximum atomic E-state index is 13.3. The first-order chi connectivity index (χ1) is 13.6. The molecule has 1 atom stereocenters. The quantitative estimate of drug-likeness (QED) is 0.751. The summed E-state index contributed by atoms with van der Waals surface area (Å²) in [4.78, 5) is 26.2. The second kappa shape index (κ2) is 8.02. The summed E-state index contributed by atoms with van der Waals surface area (Å²) in [7, 11) is 0. The number of fused-ring (bicyclic) bond motifs is 1. The van der Waals surface area contributed by atoms with E-state index in [2.05, 4.69) is 5.16 Å². The lowest BCUT2D eigenvalue weighted by Crippen LogP contribution is -2.44. The molecule has 2 aromatic rings. The number of hydrogen-bond donors (Lipinski definition) is 1. The van der Waals surface area contributed by atoms with Gasteiger partial charge in [0, 0.05) is 18.5 Å². The van der Waals surface area contributed by atoms with E-state index in [1.165, 1.54) is 17.0 Å². The molecule has 2 heterocycles. The van der Waals surface area contributed by atoms with Crippen LogP contribution in [-0.4, -0.2) is 40.6 Å². The summed E-state index contributed by atoms with van der Waals surface area (Å²) in [5.74, 6) is -1.59. The Morgan fingerprint density at radius 1 is 1.38 bits per heavy atom. The van der Waals surface area contributed by atoms with Crippen LogP contribution in [0.25, 0.3) is 0 Å².